The maximum Gasteiger partial charge on any atom is 0.243 e. The van der Waals surface area contributed by atoms with Gasteiger partial charge in [0.2, 0.25) is 23.6 Å². The van der Waals surface area contributed by atoms with Gasteiger partial charge in [-0.15, -0.1) is 0 Å². The zero-order valence-electron chi connectivity index (χ0n) is 27.2. The van der Waals surface area contributed by atoms with E-state index in [1.54, 1.807) is 17.0 Å². The monoisotopic (exact) mass is 627 g/mol. The van der Waals surface area contributed by atoms with Gasteiger partial charge in [-0.2, -0.15) is 0 Å². The number of nitrogens with one attached hydrogen (secondary N) is 3. The Balaban J connectivity index is 2.02. The second kappa shape index (κ2) is 17.9. The summed E-state index contributed by atoms with van der Waals surface area (Å²) >= 11 is 0. The number of hydrogen-bond acceptors (Lipinski definition) is 7. The van der Waals surface area contributed by atoms with Gasteiger partial charge in [-0.3, -0.25) is 24.0 Å². The standard InChI is InChI=1S/C34H53N5O6/c1-4-5-6-11-27-31(42)36-26(10-7-8-17-35)30(41)21-24(19-22(2)3)34(45)39-18-9-12-29(39)33(44)38-28(32(43)37-27)20-23-13-15-25(40)16-14-23/h13-16,22,24,26-29,40H,4-12,17-21,35H2,1-3H3,(H,36,42)(H,37,43)(H,38,44)/t24-,26-,27-,28+,29-/m0/s1. The molecule has 0 radical (unpaired) electrons. The Morgan fingerprint density at radius 1 is 0.867 bits per heavy atom. The van der Waals surface area contributed by atoms with E-state index in [0.29, 0.717) is 70.0 Å². The summed E-state index contributed by atoms with van der Waals surface area (Å²) in [6.07, 6.45) is 6.21. The van der Waals surface area contributed by atoms with Gasteiger partial charge in [-0.1, -0.05) is 52.2 Å². The van der Waals surface area contributed by atoms with Crippen LogP contribution < -0.4 is 21.7 Å². The van der Waals surface area contributed by atoms with E-state index in [0.717, 1.165) is 12.8 Å². The maximum absolute atomic E-state index is 14.0. The molecule has 2 heterocycles. The smallest absolute Gasteiger partial charge is 0.243 e. The molecular weight excluding hydrogens is 574 g/mol. The topological polar surface area (TPSA) is 171 Å². The highest BCUT2D eigenvalue weighted by molar-refractivity contribution is 5.98. The zero-order valence-corrected chi connectivity index (χ0v) is 27.2. The molecule has 5 atom stereocenters. The number of nitrogens with zero attached hydrogens (tertiary/aromatic N) is 1. The Bertz CT molecular complexity index is 1160. The van der Waals surface area contributed by atoms with Gasteiger partial charge in [0.25, 0.3) is 0 Å². The van der Waals surface area contributed by atoms with E-state index in [1.807, 2.05) is 20.8 Å². The molecule has 0 unspecified atom stereocenters. The molecule has 3 rings (SSSR count). The van der Waals surface area contributed by atoms with Crippen LogP contribution in [0.4, 0.5) is 0 Å². The number of carbonyl (C=O) groups is 5. The number of hydrogen-bond donors (Lipinski definition) is 5. The van der Waals surface area contributed by atoms with Crippen LogP contribution in [0.5, 0.6) is 5.75 Å². The van der Waals surface area contributed by atoms with Crippen molar-refractivity contribution in [1.29, 1.82) is 0 Å². The Kier molecular flexibility index (Phi) is 14.3. The van der Waals surface area contributed by atoms with Crippen molar-refractivity contribution >= 4 is 29.4 Å². The summed E-state index contributed by atoms with van der Waals surface area (Å²) in [5, 5.41) is 18.4. The fourth-order valence-corrected chi connectivity index (χ4v) is 6.33. The van der Waals surface area contributed by atoms with Gasteiger partial charge in [0.15, 0.2) is 5.78 Å². The summed E-state index contributed by atoms with van der Waals surface area (Å²) in [5.41, 5.74) is 6.42. The van der Waals surface area contributed by atoms with Gasteiger partial charge in [0.05, 0.1) is 6.04 Å². The third kappa shape index (κ3) is 10.8. The Labute approximate surface area is 267 Å². The molecule has 45 heavy (non-hydrogen) atoms. The minimum absolute atomic E-state index is 0.0360. The normalized spacial score (nSPS) is 25.3. The summed E-state index contributed by atoms with van der Waals surface area (Å²) in [6, 6.07) is 2.86. The average molecular weight is 628 g/mol. The van der Waals surface area contributed by atoms with Crippen molar-refractivity contribution in [2.45, 2.75) is 122 Å². The van der Waals surface area contributed by atoms with E-state index in [-0.39, 0.29) is 36.2 Å². The molecule has 0 aromatic heterocycles. The first-order chi connectivity index (χ1) is 21.5. The predicted octanol–water partition coefficient (Wildman–Crippen LogP) is 2.72. The van der Waals surface area contributed by atoms with Gasteiger partial charge in [0, 0.05) is 25.3 Å². The number of rotatable bonds is 12. The van der Waals surface area contributed by atoms with Crippen LogP contribution in [0, 0.1) is 11.8 Å². The highest BCUT2D eigenvalue weighted by Gasteiger charge is 2.40. The number of amides is 4. The van der Waals surface area contributed by atoms with Crippen LogP contribution in [0.25, 0.3) is 0 Å². The van der Waals surface area contributed by atoms with Crippen LogP contribution in [-0.2, 0) is 30.4 Å². The van der Waals surface area contributed by atoms with E-state index in [9.17, 15) is 29.1 Å². The minimum atomic E-state index is -1.03. The number of ketones is 1. The first-order valence-corrected chi connectivity index (χ1v) is 16.8. The number of phenolic OH excluding ortho intramolecular Hbond substituents is 1. The number of unbranched alkanes of at least 4 members (excludes halogenated alkanes) is 3. The lowest BCUT2D eigenvalue weighted by Crippen LogP contribution is -2.57. The first kappa shape index (κ1) is 36.0. The summed E-state index contributed by atoms with van der Waals surface area (Å²) in [4.78, 5) is 70.7. The number of nitrogens with two attached hydrogens (primary N) is 1. The number of phenols is 1. The molecule has 0 bridgehead atoms. The van der Waals surface area contributed by atoms with Crippen molar-refractivity contribution in [2.24, 2.45) is 17.6 Å². The molecule has 2 saturated heterocycles. The quantitative estimate of drug-likeness (QED) is 0.222. The largest absolute Gasteiger partial charge is 0.508 e. The SMILES string of the molecule is CCCCC[C@@H]1NC(=O)[C@@H](Cc2ccc(O)cc2)NC(=O)[C@@H]2CCCN2C(=O)[C@@H](CC(C)C)CC(=O)[C@H](CCCCN)NC1=O. The molecule has 2 aliphatic heterocycles. The summed E-state index contributed by atoms with van der Waals surface area (Å²) in [5.74, 6) is -2.30. The number of benzene rings is 1. The molecule has 250 valence electrons. The highest BCUT2D eigenvalue weighted by Crippen LogP contribution is 2.27. The lowest BCUT2D eigenvalue weighted by atomic mass is 9.88. The van der Waals surface area contributed by atoms with Crippen LogP contribution in [-0.4, -0.2) is 76.7 Å². The maximum atomic E-state index is 14.0. The second-order valence-electron chi connectivity index (χ2n) is 13.0. The lowest BCUT2D eigenvalue weighted by Gasteiger charge is -2.30. The van der Waals surface area contributed by atoms with E-state index in [1.165, 1.54) is 12.1 Å². The fourth-order valence-electron chi connectivity index (χ4n) is 6.33. The number of fused-ring (bicyclic) bond motifs is 1. The third-order valence-electron chi connectivity index (χ3n) is 8.78. The van der Waals surface area contributed by atoms with Crippen molar-refractivity contribution < 1.29 is 29.1 Å². The van der Waals surface area contributed by atoms with Crippen LogP contribution in [0.2, 0.25) is 0 Å². The molecule has 0 aliphatic carbocycles. The Morgan fingerprint density at radius 2 is 1.49 bits per heavy atom. The molecule has 11 nitrogen and oxygen atoms in total. The van der Waals surface area contributed by atoms with E-state index in [2.05, 4.69) is 16.0 Å². The highest BCUT2D eigenvalue weighted by atomic mass is 16.3. The molecule has 2 fully saturated rings. The van der Waals surface area contributed by atoms with Crippen molar-refractivity contribution in [1.82, 2.24) is 20.9 Å². The van der Waals surface area contributed by atoms with Gasteiger partial charge < -0.3 is 31.7 Å². The zero-order chi connectivity index (χ0) is 32.9. The number of Topliss-reactive ketones (excluding diaryl/α,β-unsaturated/α-hetero) is 1. The summed E-state index contributed by atoms with van der Waals surface area (Å²) < 4.78 is 0. The van der Waals surface area contributed by atoms with E-state index >= 15 is 0 Å². The van der Waals surface area contributed by atoms with Crippen molar-refractivity contribution in [3.05, 3.63) is 29.8 Å². The van der Waals surface area contributed by atoms with E-state index < -0.39 is 47.8 Å². The minimum Gasteiger partial charge on any atom is -0.508 e. The van der Waals surface area contributed by atoms with Crippen LogP contribution in [0.3, 0.4) is 0 Å². The molecule has 4 amide bonds. The molecule has 1 aromatic carbocycles. The van der Waals surface area contributed by atoms with E-state index in [4.69, 9.17) is 5.73 Å². The fraction of sp³-hybridized carbons (Fsp3) is 0.676. The molecule has 0 spiro atoms. The van der Waals surface area contributed by atoms with Gasteiger partial charge in [-0.05, 0) is 75.1 Å². The molecular formula is C34H53N5O6. The first-order valence-electron chi connectivity index (χ1n) is 16.8. The predicted molar refractivity (Wildman–Crippen MR) is 172 cm³/mol. The average Bonchev–Trinajstić information content (AvgIpc) is 3.49. The molecule has 11 heteroatoms. The van der Waals surface area contributed by atoms with Crippen molar-refractivity contribution in [2.75, 3.05) is 13.1 Å². The number of aromatic hydroxyl groups is 1. The van der Waals surface area contributed by atoms with Crippen LogP contribution in [0.1, 0.15) is 97.0 Å². The van der Waals surface area contributed by atoms with Gasteiger partial charge in [-0.25, -0.2) is 0 Å². The molecule has 2 aliphatic rings. The Morgan fingerprint density at radius 3 is 2.16 bits per heavy atom. The molecule has 1 aromatic rings. The second-order valence-corrected chi connectivity index (χ2v) is 13.0. The third-order valence-corrected chi connectivity index (χ3v) is 8.78. The Hall–Kier alpha value is -3.47. The van der Waals surface area contributed by atoms with Crippen molar-refractivity contribution in [3.63, 3.8) is 0 Å². The van der Waals surface area contributed by atoms with Gasteiger partial charge in [0.1, 0.15) is 23.9 Å². The summed E-state index contributed by atoms with van der Waals surface area (Å²) in [7, 11) is 0. The molecule has 0 saturated carbocycles. The van der Waals surface area contributed by atoms with Crippen LogP contribution in [0.15, 0.2) is 24.3 Å². The number of carbonyl (C=O) groups excluding carboxylic acids is 5. The van der Waals surface area contributed by atoms with Crippen molar-refractivity contribution in [3.8, 4) is 5.75 Å². The van der Waals surface area contributed by atoms with Gasteiger partial charge >= 0.3 is 0 Å². The lowest BCUT2D eigenvalue weighted by molar-refractivity contribution is -0.144. The summed E-state index contributed by atoms with van der Waals surface area (Å²) in [6.45, 7) is 6.89. The van der Waals surface area contributed by atoms with Crippen LogP contribution >= 0.6 is 0 Å². The molecule has 6 N–H and O–H groups in total.